The molecular formula is C6H12N2O. The second kappa shape index (κ2) is 2.35. The van der Waals surface area contributed by atoms with Crippen LogP contribution in [0.5, 0.6) is 0 Å². The third kappa shape index (κ3) is 1.42. The summed E-state index contributed by atoms with van der Waals surface area (Å²) in [7, 11) is 1.88. The van der Waals surface area contributed by atoms with Gasteiger partial charge in [-0.1, -0.05) is 0 Å². The maximum atomic E-state index is 9.03. The van der Waals surface area contributed by atoms with Gasteiger partial charge in [-0.2, -0.15) is 0 Å². The van der Waals surface area contributed by atoms with E-state index in [1.807, 2.05) is 11.9 Å². The molecule has 0 saturated carbocycles. The zero-order chi connectivity index (χ0) is 6.85. The molecule has 1 saturated heterocycles. The minimum atomic E-state index is -0.270. The van der Waals surface area contributed by atoms with Gasteiger partial charge in [-0.3, -0.25) is 5.41 Å². The molecule has 3 heteroatoms. The number of hydrogen-bond donors (Lipinski definition) is 2. The SMILES string of the molecule is CN1CCC(O)CC1=N. The number of aliphatic hydroxyl groups is 1. The number of aliphatic hydroxyl groups excluding tert-OH is 1. The molecule has 52 valence electrons. The quantitative estimate of drug-likeness (QED) is 0.484. The molecule has 1 atom stereocenters. The Morgan fingerprint density at radius 1 is 1.78 bits per heavy atom. The maximum absolute atomic E-state index is 9.03. The van der Waals surface area contributed by atoms with E-state index in [-0.39, 0.29) is 6.10 Å². The highest BCUT2D eigenvalue weighted by molar-refractivity contribution is 5.79. The van der Waals surface area contributed by atoms with Gasteiger partial charge in [0.05, 0.1) is 11.9 Å². The van der Waals surface area contributed by atoms with Crippen molar-refractivity contribution < 1.29 is 5.11 Å². The lowest BCUT2D eigenvalue weighted by Crippen LogP contribution is -2.37. The molecule has 0 aliphatic carbocycles. The van der Waals surface area contributed by atoms with Gasteiger partial charge in [0.1, 0.15) is 0 Å². The van der Waals surface area contributed by atoms with E-state index >= 15 is 0 Å². The van der Waals surface area contributed by atoms with Crippen LogP contribution in [0, 0.1) is 5.41 Å². The normalized spacial score (nSPS) is 28.9. The van der Waals surface area contributed by atoms with Crippen molar-refractivity contribution in [3.8, 4) is 0 Å². The minimum absolute atomic E-state index is 0.270. The summed E-state index contributed by atoms with van der Waals surface area (Å²) in [4.78, 5) is 1.87. The lowest BCUT2D eigenvalue weighted by Gasteiger charge is -2.27. The van der Waals surface area contributed by atoms with Gasteiger partial charge in [0.15, 0.2) is 0 Å². The molecule has 1 aliphatic heterocycles. The first-order valence-electron chi connectivity index (χ1n) is 3.17. The molecule has 0 aromatic rings. The van der Waals surface area contributed by atoms with E-state index in [4.69, 9.17) is 10.5 Å². The van der Waals surface area contributed by atoms with Crippen LogP contribution in [0.4, 0.5) is 0 Å². The molecule has 9 heavy (non-hydrogen) atoms. The first-order chi connectivity index (χ1) is 4.20. The molecule has 0 amide bonds. The van der Waals surface area contributed by atoms with Crippen molar-refractivity contribution in [3.63, 3.8) is 0 Å². The van der Waals surface area contributed by atoms with E-state index in [1.54, 1.807) is 0 Å². The number of likely N-dealkylation sites (tertiary alicyclic amines) is 1. The van der Waals surface area contributed by atoms with Crippen molar-refractivity contribution in [2.75, 3.05) is 13.6 Å². The summed E-state index contributed by atoms with van der Waals surface area (Å²) in [5, 5.41) is 16.3. The highest BCUT2D eigenvalue weighted by atomic mass is 16.3. The van der Waals surface area contributed by atoms with Crippen molar-refractivity contribution in [2.45, 2.75) is 18.9 Å². The molecule has 0 radical (unpaired) electrons. The lowest BCUT2D eigenvalue weighted by molar-refractivity contribution is 0.145. The van der Waals surface area contributed by atoms with Crippen LogP contribution in [0.2, 0.25) is 0 Å². The average Bonchev–Trinajstić information content (AvgIpc) is 1.80. The van der Waals surface area contributed by atoms with Gasteiger partial charge in [-0.25, -0.2) is 0 Å². The van der Waals surface area contributed by atoms with Gasteiger partial charge in [-0.15, -0.1) is 0 Å². The average molecular weight is 128 g/mol. The summed E-state index contributed by atoms with van der Waals surface area (Å²) in [6, 6.07) is 0. The minimum Gasteiger partial charge on any atom is -0.393 e. The molecule has 1 aliphatic rings. The molecule has 2 N–H and O–H groups in total. The number of nitrogens with one attached hydrogen (secondary N) is 1. The second-order valence-electron chi connectivity index (χ2n) is 2.51. The molecule has 1 unspecified atom stereocenters. The monoisotopic (exact) mass is 128 g/mol. The Morgan fingerprint density at radius 2 is 2.44 bits per heavy atom. The predicted molar refractivity (Wildman–Crippen MR) is 35.6 cm³/mol. The summed E-state index contributed by atoms with van der Waals surface area (Å²) in [5.74, 6) is 0.550. The van der Waals surface area contributed by atoms with Crippen LogP contribution in [0.1, 0.15) is 12.8 Å². The fourth-order valence-corrected chi connectivity index (χ4v) is 0.959. The summed E-state index contributed by atoms with van der Waals surface area (Å²) >= 11 is 0. The molecule has 1 fully saturated rings. The molecule has 0 aromatic heterocycles. The van der Waals surface area contributed by atoms with Crippen LogP contribution in [0.25, 0.3) is 0 Å². The first-order valence-corrected chi connectivity index (χ1v) is 3.17. The molecule has 0 bridgehead atoms. The van der Waals surface area contributed by atoms with Gasteiger partial charge in [0.25, 0.3) is 0 Å². The predicted octanol–water partition coefficient (Wildman–Crippen LogP) is 0.0502. The van der Waals surface area contributed by atoms with E-state index in [2.05, 4.69) is 0 Å². The molecule has 0 spiro atoms. The topological polar surface area (TPSA) is 47.3 Å². The van der Waals surface area contributed by atoms with Gasteiger partial charge in [0.2, 0.25) is 0 Å². The van der Waals surface area contributed by atoms with Crippen LogP contribution < -0.4 is 0 Å². The number of hydrogen-bond acceptors (Lipinski definition) is 2. The van der Waals surface area contributed by atoms with E-state index in [0.717, 1.165) is 13.0 Å². The molecule has 1 heterocycles. The Bertz CT molecular complexity index is 124. The highest BCUT2D eigenvalue weighted by Gasteiger charge is 2.17. The first kappa shape index (κ1) is 6.55. The fraction of sp³-hybridized carbons (Fsp3) is 0.833. The molecule has 0 aromatic carbocycles. The Morgan fingerprint density at radius 3 is 2.89 bits per heavy atom. The summed E-state index contributed by atoms with van der Waals surface area (Å²) in [6.45, 7) is 0.819. The van der Waals surface area contributed by atoms with Gasteiger partial charge >= 0.3 is 0 Å². The van der Waals surface area contributed by atoms with Crippen molar-refractivity contribution in [2.24, 2.45) is 0 Å². The number of rotatable bonds is 0. The fourth-order valence-electron chi connectivity index (χ4n) is 0.959. The third-order valence-electron chi connectivity index (χ3n) is 1.69. The summed E-state index contributed by atoms with van der Waals surface area (Å²) in [5.41, 5.74) is 0. The standard InChI is InChI=1S/C6H12N2O/c1-8-3-2-5(9)4-6(8)7/h5,7,9H,2-4H2,1H3. The third-order valence-corrected chi connectivity index (χ3v) is 1.69. The zero-order valence-corrected chi connectivity index (χ0v) is 5.59. The van der Waals surface area contributed by atoms with E-state index in [9.17, 15) is 0 Å². The number of piperidine rings is 1. The molecule has 3 nitrogen and oxygen atoms in total. The van der Waals surface area contributed by atoms with Gasteiger partial charge in [0, 0.05) is 20.0 Å². The summed E-state index contributed by atoms with van der Waals surface area (Å²) in [6.07, 6.45) is 1.06. The van der Waals surface area contributed by atoms with Crippen molar-refractivity contribution >= 4 is 5.84 Å². The highest BCUT2D eigenvalue weighted by Crippen LogP contribution is 2.08. The molecule has 1 rings (SSSR count). The zero-order valence-electron chi connectivity index (χ0n) is 5.59. The Balaban J connectivity index is 2.44. The van der Waals surface area contributed by atoms with Crippen LogP contribution in [-0.2, 0) is 0 Å². The summed E-state index contributed by atoms with van der Waals surface area (Å²) < 4.78 is 0. The van der Waals surface area contributed by atoms with Crippen molar-refractivity contribution in [3.05, 3.63) is 0 Å². The number of nitrogens with zero attached hydrogens (tertiary/aromatic N) is 1. The second-order valence-corrected chi connectivity index (χ2v) is 2.51. The Kier molecular flexibility index (Phi) is 1.71. The van der Waals surface area contributed by atoms with Crippen LogP contribution in [-0.4, -0.2) is 35.5 Å². The molecular weight excluding hydrogens is 116 g/mol. The Hall–Kier alpha value is -0.570. The number of amidine groups is 1. The van der Waals surface area contributed by atoms with E-state index < -0.39 is 0 Å². The largest absolute Gasteiger partial charge is 0.393 e. The van der Waals surface area contributed by atoms with Crippen molar-refractivity contribution in [1.29, 1.82) is 5.41 Å². The van der Waals surface area contributed by atoms with E-state index in [1.165, 1.54) is 0 Å². The van der Waals surface area contributed by atoms with E-state index in [0.29, 0.717) is 12.3 Å². The van der Waals surface area contributed by atoms with Crippen molar-refractivity contribution in [1.82, 2.24) is 4.90 Å². The van der Waals surface area contributed by atoms with Crippen LogP contribution in [0.15, 0.2) is 0 Å². The van der Waals surface area contributed by atoms with Crippen LogP contribution >= 0.6 is 0 Å². The maximum Gasteiger partial charge on any atom is 0.0981 e. The Labute approximate surface area is 54.8 Å². The lowest BCUT2D eigenvalue weighted by atomic mass is 10.1. The smallest absolute Gasteiger partial charge is 0.0981 e. The van der Waals surface area contributed by atoms with Gasteiger partial charge < -0.3 is 10.0 Å². The van der Waals surface area contributed by atoms with Crippen LogP contribution in [0.3, 0.4) is 0 Å². The van der Waals surface area contributed by atoms with Gasteiger partial charge in [-0.05, 0) is 6.42 Å².